The number of carbonyl (C=O) groups is 3. The minimum atomic E-state index is -4.83. The Hall–Kier alpha value is -2.06. The highest BCUT2D eigenvalue weighted by molar-refractivity contribution is 5.95. The first-order valence-corrected chi connectivity index (χ1v) is 9.13. The van der Waals surface area contributed by atoms with Crippen molar-refractivity contribution in [1.82, 2.24) is 4.90 Å². The Morgan fingerprint density at radius 2 is 1.86 bits per heavy atom. The molecule has 0 aromatic carbocycles. The highest BCUT2D eigenvalue weighted by Crippen LogP contribution is 2.40. The van der Waals surface area contributed by atoms with Gasteiger partial charge in [0.15, 0.2) is 0 Å². The minimum absolute atomic E-state index is 0.0651. The van der Waals surface area contributed by atoms with Crippen molar-refractivity contribution in [2.75, 3.05) is 13.2 Å². The lowest BCUT2D eigenvalue weighted by atomic mass is 9.79. The third kappa shape index (κ3) is 5.97. The quantitative estimate of drug-likeness (QED) is 0.450. The summed E-state index contributed by atoms with van der Waals surface area (Å²) in [5.74, 6) is -6.91. The third-order valence-electron chi connectivity index (χ3n) is 4.64. The van der Waals surface area contributed by atoms with E-state index < -0.39 is 54.4 Å². The maximum absolute atomic E-state index is 13.8. The molecule has 0 unspecified atom stereocenters. The number of rotatable bonds is 8. The van der Waals surface area contributed by atoms with Crippen LogP contribution in [0.3, 0.4) is 0 Å². The zero-order valence-electron chi connectivity index (χ0n) is 16.8. The molecule has 0 radical (unpaired) electrons. The molecule has 1 aliphatic heterocycles. The van der Waals surface area contributed by atoms with Crippen molar-refractivity contribution in [3.63, 3.8) is 0 Å². The Kier molecular flexibility index (Phi) is 8.07. The molecule has 0 aromatic rings. The van der Waals surface area contributed by atoms with E-state index in [1.807, 2.05) is 0 Å². The van der Waals surface area contributed by atoms with E-state index in [0.29, 0.717) is 5.57 Å². The monoisotopic (exact) mass is 407 g/mol. The van der Waals surface area contributed by atoms with Crippen molar-refractivity contribution in [3.05, 3.63) is 12.2 Å². The van der Waals surface area contributed by atoms with Crippen LogP contribution in [0.2, 0.25) is 0 Å². The molecule has 0 aliphatic carbocycles. The van der Waals surface area contributed by atoms with E-state index in [9.17, 15) is 27.6 Å². The van der Waals surface area contributed by atoms with Crippen molar-refractivity contribution >= 4 is 18.0 Å². The standard InChI is InChI=1S/C19H28F3NO5/c1-10(2)8-27-15(24)7-13(19(20,21)22)16(12(5)6)17(25)23-14(11(3)4)9-28-18(23)26/h11-14,16H,1,7-9H2,2-6H3/t13-,14-,16-/m1/s1. The second-order valence-electron chi connectivity index (χ2n) is 7.84. The van der Waals surface area contributed by atoms with Gasteiger partial charge in [-0.15, -0.1) is 0 Å². The van der Waals surface area contributed by atoms with Crippen molar-refractivity contribution in [2.24, 2.45) is 23.7 Å². The maximum Gasteiger partial charge on any atom is 0.416 e. The summed E-state index contributed by atoms with van der Waals surface area (Å²) in [6.45, 7) is 11.2. The predicted octanol–water partition coefficient (Wildman–Crippen LogP) is 3.95. The first kappa shape index (κ1) is 24.0. The number of esters is 1. The number of carbonyl (C=O) groups excluding carboxylic acids is 3. The van der Waals surface area contributed by atoms with Crippen molar-refractivity contribution in [3.8, 4) is 0 Å². The molecule has 1 aliphatic rings. The number of cyclic esters (lactones) is 1. The van der Waals surface area contributed by atoms with E-state index in [0.717, 1.165) is 4.90 Å². The highest BCUT2D eigenvalue weighted by atomic mass is 19.4. The molecule has 1 saturated heterocycles. The van der Waals surface area contributed by atoms with Gasteiger partial charge in [-0.3, -0.25) is 9.59 Å². The zero-order valence-corrected chi connectivity index (χ0v) is 16.8. The molecule has 1 fully saturated rings. The summed E-state index contributed by atoms with van der Waals surface area (Å²) in [5, 5.41) is 0. The molecule has 6 nitrogen and oxygen atoms in total. The molecule has 0 spiro atoms. The molecule has 1 rings (SSSR count). The van der Waals surface area contributed by atoms with Gasteiger partial charge < -0.3 is 9.47 Å². The van der Waals surface area contributed by atoms with Gasteiger partial charge in [0.2, 0.25) is 5.91 Å². The van der Waals surface area contributed by atoms with Crippen molar-refractivity contribution in [2.45, 2.75) is 53.3 Å². The van der Waals surface area contributed by atoms with E-state index in [-0.39, 0.29) is 19.1 Å². The molecule has 2 amide bonds. The summed E-state index contributed by atoms with van der Waals surface area (Å²) >= 11 is 0. The summed E-state index contributed by atoms with van der Waals surface area (Å²) in [7, 11) is 0. The largest absolute Gasteiger partial charge is 0.461 e. The average molecular weight is 407 g/mol. The molecule has 0 N–H and O–H groups in total. The molecule has 0 aromatic heterocycles. The SMILES string of the molecule is C=C(C)COC(=O)C[C@H]([C@H](C(=O)N1C(=O)OC[C@@H]1C(C)C)C(C)C)C(F)(F)F. The molecular formula is C19H28F3NO5. The number of alkyl halides is 3. The molecular weight excluding hydrogens is 379 g/mol. The topological polar surface area (TPSA) is 72.9 Å². The van der Waals surface area contributed by atoms with Crippen LogP contribution < -0.4 is 0 Å². The van der Waals surface area contributed by atoms with Crippen LogP contribution in [0.5, 0.6) is 0 Å². The lowest BCUT2D eigenvalue weighted by molar-refractivity contribution is -0.203. The third-order valence-corrected chi connectivity index (χ3v) is 4.64. The number of halogens is 3. The van der Waals surface area contributed by atoms with E-state index in [1.54, 1.807) is 20.8 Å². The average Bonchev–Trinajstić information content (AvgIpc) is 2.92. The summed E-state index contributed by atoms with van der Waals surface area (Å²) in [4.78, 5) is 37.7. The fraction of sp³-hybridized carbons (Fsp3) is 0.737. The lowest BCUT2D eigenvalue weighted by Crippen LogP contribution is -2.50. The number of nitrogens with zero attached hydrogens (tertiary/aromatic N) is 1. The first-order chi connectivity index (χ1) is 12.8. The van der Waals surface area contributed by atoms with E-state index >= 15 is 0 Å². The fourth-order valence-corrected chi connectivity index (χ4v) is 3.15. The second kappa shape index (κ2) is 9.43. The Morgan fingerprint density at radius 3 is 2.29 bits per heavy atom. The number of amides is 2. The number of ether oxygens (including phenoxy) is 2. The van der Waals surface area contributed by atoms with Gasteiger partial charge in [0, 0.05) is 0 Å². The number of imide groups is 1. The van der Waals surface area contributed by atoms with E-state index in [1.165, 1.54) is 13.8 Å². The summed E-state index contributed by atoms with van der Waals surface area (Å²) < 4.78 is 51.0. The van der Waals surface area contributed by atoms with Crippen LogP contribution in [0.15, 0.2) is 12.2 Å². The van der Waals surface area contributed by atoms with E-state index in [4.69, 9.17) is 9.47 Å². The van der Waals surface area contributed by atoms with Crippen LogP contribution in [0, 0.1) is 23.7 Å². The van der Waals surface area contributed by atoms with Gasteiger partial charge in [0.05, 0.1) is 24.3 Å². The normalized spacial score (nSPS) is 19.6. The molecule has 0 bridgehead atoms. The zero-order chi connectivity index (χ0) is 21.8. The van der Waals surface area contributed by atoms with Crippen LogP contribution >= 0.6 is 0 Å². The Labute approximate surface area is 163 Å². The van der Waals surface area contributed by atoms with Gasteiger partial charge in [0.1, 0.15) is 13.2 Å². The van der Waals surface area contributed by atoms with Crippen LogP contribution in [0.25, 0.3) is 0 Å². The van der Waals surface area contributed by atoms with E-state index in [2.05, 4.69) is 6.58 Å². The summed E-state index contributed by atoms with van der Waals surface area (Å²) in [6.07, 6.45) is -6.80. The van der Waals surface area contributed by atoms with Gasteiger partial charge in [0.25, 0.3) is 0 Å². The molecule has 1 heterocycles. The minimum Gasteiger partial charge on any atom is -0.461 e. The van der Waals surface area contributed by atoms with Crippen molar-refractivity contribution < 1.29 is 37.0 Å². The molecule has 0 saturated carbocycles. The van der Waals surface area contributed by atoms with Gasteiger partial charge in [-0.05, 0) is 24.3 Å². The van der Waals surface area contributed by atoms with Crippen LogP contribution in [-0.2, 0) is 19.1 Å². The van der Waals surface area contributed by atoms with Crippen LogP contribution in [-0.4, -0.2) is 48.3 Å². The van der Waals surface area contributed by atoms with Crippen LogP contribution in [0.4, 0.5) is 18.0 Å². The summed E-state index contributed by atoms with van der Waals surface area (Å²) in [6, 6.07) is -0.648. The van der Waals surface area contributed by atoms with Gasteiger partial charge in [-0.2, -0.15) is 13.2 Å². The molecule has 28 heavy (non-hydrogen) atoms. The second-order valence-corrected chi connectivity index (χ2v) is 7.84. The fourth-order valence-electron chi connectivity index (χ4n) is 3.15. The smallest absolute Gasteiger partial charge is 0.416 e. The molecule has 3 atom stereocenters. The first-order valence-electron chi connectivity index (χ1n) is 9.13. The van der Waals surface area contributed by atoms with Gasteiger partial charge in [-0.25, -0.2) is 9.69 Å². The number of hydrogen-bond acceptors (Lipinski definition) is 5. The predicted molar refractivity (Wildman–Crippen MR) is 95.1 cm³/mol. The highest BCUT2D eigenvalue weighted by Gasteiger charge is 2.53. The summed E-state index contributed by atoms with van der Waals surface area (Å²) in [5.41, 5.74) is 0.480. The Bertz CT molecular complexity index is 615. The van der Waals surface area contributed by atoms with Gasteiger partial charge in [-0.1, -0.05) is 34.3 Å². The molecule has 9 heteroatoms. The lowest BCUT2D eigenvalue weighted by Gasteiger charge is -2.34. The van der Waals surface area contributed by atoms with Crippen molar-refractivity contribution in [1.29, 1.82) is 0 Å². The maximum atomic E-state index is 13.8. The van der Waals surface area contributed by atoms with Gasteiger partial charge >= 0.3 is 18.2 Å². The molecule has 160 valence electrons. The number of hydrogen-bond donors (Lipinski definition) is 0. The Morgan fingerprint density at radius 1 is 1.29 bits per heavy atom. The Balaban J connectivity index is 3.18. The van der Waals surface area contributed by atoms with Crippen LogP contribution in [0.1, 0.15) is 41.0 Å².